The molecule has 0 saturated heterocycles. The number of alkyl halides is 3. The lowest BCUT2D eigenvalue weighted by atomic mass is 10.2. The first-order chi connectivity index (χ1) is 11.2. The fourth-order valence-electron chi connectivity index (χ4n) is 1.91. The van der Waals surface area contributed by atoms with Crippen LogP contribution in [0.3, 0.4) is 0 Å². The van der Waals surface area contributed by atoms with Crippen molar-refractivity contribution < 1.29 is 22.8 Å². The average molecular weight is 340 g/mol. The summed E-state index contributed by atoms with van der Waals surface area (Å²) in [5.41, 5.74) is 0.381. The maximum Gasteiger partial charge on any atom is 0.435 e. The molecule has 9 heteroatoms. The molecule has 2 rings (SSSR count). The quantitative estimate of drug-likeness (QED) is 0.876. The predicted molar refractivity (Wildman–Crippen MR) is 79.8 cm³/mol. The normalized spacial score (nSPS) is 11.2. The summed E-state index contributed by atoms with van der Waals surface area (Å²) < 4.78 is 38.2. The van der Waals surface area contributed by atoms with Gasteiger partial charge in [0.2, 0.25) is 11.8 Å². The van der Waals surface area contributed by atoms with Crippen molar-refractivity contribution in [2.75, 3.05) is 5.32 Å². The molecule has 0 saturated carbocycles. The molecular formula is C15H15F3N4O2. The van der Waals surface area contributed by atoms with E-state index in [-0.39, 0.29) is 19.0 Å². The Hall–Kier alpha value is -2.84. The molecule has 2 amide bonds. The number of rotatable bonds is 5. The van der Waals surface area contributed by atoms with Gasteiger partial charge in [0.15, 0.2) is 5.69 Å². The number of nitrogens with one attached hydrogen (secondary N) is 2. The number of anilines is 1. The van der Waals surface area contributed by atoms with Crippen molar-refractivity contribution >= 4 is 17.5 Å². The highest BCUT2D eigenvalue weighted by molar-refractivity contribution is 5.88. The van der Waals surface area contributed by atoms with Gasteiger partial charge in [-0.15, -0.1) is 0 Å². The van der Waals surface area contributed by atoms with E-state index in [9.17, 15) is 22.8 Å². The number of halogens is 3. The first-order valence-electron chi connectivity index (χ1n) is 6.98. The molecule has 0 aliphatic heterocycles. The van der Waals surface area contributed by atoms with Gasteiger partial charge in [0.1, 0.15) is 6.54 Å². The van der Waals surface area contributed by atoms with Crippen LogP contribution in [0, 0.1) is 0 Å². The molecule has 0 radical (unpaired) electrons. The topological polar surface area (TPSA) is 76.0 Å². The molecule has 0 fully saturated rings. The largest absolute Gasteiger partial charge is 0.435 e. The fraction of sp³-hybridized carbons (Fsp3) is 0.267. The molecule has 0 spiro atoms. The van der Waals surface area contributed by atoms with Gasteiger partial charge in [-0.05, 0) is 23.8 Å². The Bertz CT molecular complexity index is 723. The van der Waals surface area contributed by atoms with E-state index in [1.54, 1.807) is 24.3 Å². The minimum atomic E-state index is -4.53. The number of nitrogens with zero attached hydrogens (tertiary/aromatic N) is 2. The molecule has 0 bridgehead atoms. The van der Waals surface area contributed by atoms with Crippen LogP contribution < -0.4 is 10.6 Å². The SMILES string of the molecule is CC(=O)Nc1ccc(CNC(=O)Cn2ccc(C(F)(F)F)n2)cc1. The Balaban J connectivity index is 1.84. The van der Waals surface area contributed by atoms with Gasteiger partial charge in [0.25, 0.3) is 0 Å². The first kappa shape index (κ1) is 17.5. The average Bonchev–Trinajstić information content (AvgIpc) is 2.94. The van der Waals surface area contributed by atoms with Crippen LogP contribution >= 0.6 is 0 Å². The number of hydrogen-bond acceptors (Lipinski definition) is 3. The van der Waals surface area contributed by atoms with Gasteiger partial charge < -0.3 is 10.6 Å². The van der Waals surface area contributed by atoms with E-state index in [2.05, 4.69) is 15.7 Å². The second kappa shape index (κ2) is 7.16. The van der Waals surface area contributed by atoms with Crippen LogP contribution in [0.5, 0.6) is 0 Å². The zero-order valence-corrected chi connectivity index (χ0v) is 12.7. The molecule has 2 N–H and O–H groups in total. The van der Waals surface area contributed by atoms with Crippen molar-refractivity contribution in [2.45, 2.75) is 26.2 Å². The molecule has 0 aliphatic carbocycles. The van der Waals surface area contributed by atoms with E-state index in [1.807, 2.05) is 0 Å². The Kier molecular flexibility index (Phi) is 5.22. The minimum absolute atomic E-state index is 0.187. The monoisotopic (exact) mass is 340 g/mol. The Morgan fingerprint density at radius 2 is 1.83 bits per heavy atom. The van der Waals surface area contributed by atoms with E-state index in [1.165, 1.54) is 6.92 Å². The molecule has 1 heterocycles. The third-order valence-corrected chi connectivity index (χ3v) is 3.00. The van der Waals surface area contributed by atoms with Crippen LogP contribution in [-0.2, 0) is 28.9 Å². The zero-order valence-electron chi connectivity index (χ0n) is 12.7. The summed E-state index contributed by atoms with van der Waals surface area (Å²) in [4.78, 5) is 22.7. The van der Waals surface area contributed by atoms with E-state index >= 15 is 0 Å². The van der Waals surface area contributed by atoms with Crippen LogP contribution in [0.15, 0.2) is 36.5 Å². The van der Waals surface area contributed by atoms with Crippen LogP contribution in [0.1, 0.15) is 18.2 Å². The third-order valence-electron chi connectivity index (χ3n) is 3.00. The highest BCUT2D eigenvalue weighted by Gasteiger charge is 2.33. The van der Waals surface area contributed by atoms with Gasteiger partial charge in [0.05, 0.1) is 0 Å². The molecule has 1 aromatic heterocycles. The number of aromatic nitrogens is 2. The summed E-state index contributed by atoms with van der Waals surface area (Å²) in [5, 5.41) is 8.51. The lowest BCUT2D eigenvalue weighted by Gasteiger charge is -2.07. The van der Waals surface area contributed by atoms with Crippen molar-refractivity contribution in [1.82, 2.24) is 15.1 Å². The lowest BCUT2D eigenvalue weighted by molar-refractivity contribution is -0.141. The summed E-state index contributed by atoms with van der Waals surface area (Å²) in [7, 11) is 0. The van der Waals surface area contributed by atoms with Gasteiger partial charge in [0, 0.05) is 25.4 Å². The maximum absolute atomic E-state index is 12.4. The van der Waals surface area contributed by atoms with Crippen molar-refractivity contribution in [2.24, 2.45) is 0 Å². The van der Waals surface area contributed by atoms with Crippen LogP contribution in [0.25, 0.3) is 0 Å². The van der Waals surface area contributed by atoms with Crippen molar-refractivity contribution in [3.05, 3.63) is 47.8 Å². The Labute approximate surface area is 135 Å². The maximum atomic E-state index is 12.4. The lowest BCUT2D eigenvalue weighted by Crippen LogP contribution is -2.27. The second-order valence-electron chi connectivity index (χ2n) is 5.05. The van der Waals surface area contributed by atoms with Crippen molar-refractivity contribution in [3.63, 3.8) is 0 Å². The van der Waals surface area contributed by atoms with Crippen molar-refractivity contribution in [1.29, 1.82) is 0 Å². The van der Waals surface area contributed by atoms with Crippen molar-refractivity contribution in [3.8, 4) is 0 Å². The van der Waals surface area contributed by atoms with E-state index < -0.39 is 17.8 Å². The van der Waals surface area contributed by atoms with E-state index in [0.29, 0.717) is 5.69 Å². The zero-order chi connectivity index (χ0) is 17.7. The predicted octanol–water partition coefficient (Wildman–Crippen LogP) is 2.18. The first-order valence-corrected chi connectivity index (χ1v) is 6.98. The van der Waals surface area contributed by atoms with Gasteiger partial charge in [-0.2, -0.15) is 18.3 Å². The third kappa shape index (κ3) is 5.11. The fourth-order valence-corrected chi connectivity index (χ4v) is 1.91. The Morgan fingerprint density at radius 3 is 2.38 bits per heavy atom. The van der Waals surface area contributed by atoms with Crippen LogP contribution in [-0.4, -0.2) is 21.6 Å². The van der Waals surface area contributed by atoms with E-state index in [0.717, 1.165) is 22.5 Å². The highest BCUT2D eigenvalue weighted by Crippen LogP contribution is 2.27. The smallest absolute Gasteiger partial charge is 0.350 e. The number of hydrogen-bond donors (Lipinski definition) is 2. The summed E-state index contributed by atoms with van der Waals surface area (Å²) in [6.45, 7) is 1.31. The second-order valence-corrected chi connectivity index (χ2v) is 5.05. The summed E-state index contributed by atoms with van der Waals surface area (Å²) in [5.74, 6) is -0.647. The molecule has 6 nitrogen and oxygen atoms in total. The van der Waals surface area contributed by atoms with Gasteiger partial charge in [-0.25, -0.2) is 0 Å². The van der Waals surface area contributed by atoms with Gasteiger partial charge in [-0.1, -0.05) is 12.1 Å². The molecule has 2 aromatic rings. The molecule has 0 unspecified atom stereocenters. The molecule has 24 heavy (non-hydrogen) atoms. The van der Waals surface area contributed by atoms with Gasteiger partial charge in [-0.3, -0.25) is 14.3 Å². The summed E-state index contributed by atoms with van der Waals surface area (Å²) in [6.07, 6.45) is -3.43. The number of carbonyl (C=O) groups is 2. The number of amides is 2. The van der Waals surface area contributed by atoms with E-state index in [4.69, 9.17) is 0 Å². The standard InChI is InChI=1S/C15H15F3N4O2/c1-10(23)20-12-4-2-11(3-5-12)8-19-14(24)9-22-7-6-13(21-22)15(16,17)18/h2-7H,8-9H2,1H3,(H,19,24)(H,20,23). The highest BCUT2D eigenvalue weighted by atomic mass is 19.4. The summed E-state index contributed by atoms with van der Waals surface area (Å²) in [6, 6.07) is 7.63. The molecule has 128 valence electrons. The van der Waals surface area contributed by atoms with Gasteiger partial charge >= 0.3 is 6.18 Å². The number of benzene rings is 1. The Morgan fingerprint density at radius 1 is 1.17 bits per heavy atom. The molecule has 0 aliphatic rings. The molecule has 1 aromatic carbocycles. The van der Waals surface area contributed by atoms with Crippen LogP contribution in [0.4, 0.5) is 18.9 Å². The molecule has 0 atom stereocenters. The summed E-state index contributed by atoms with van der Waals surface area (Å²) >= 11 is 0. The number of carbonyl (C=O) groups excluding carboxylic acids is 2. The molecular weight excluding hydrogens is 325 g/mol. The minimum Gasteiger partial charge on any atom is -0.350 e. The van der Waals surface area contributed by atoms with Crippen LogP contribution in [0.2, 0.25) is 0 Å².